The molecule has 10 heteroatoms. The third kappa shape index (κ3) is 7.88. The van der Waals surface area contributed by atoms with Crippen LogP contribution < -0.4 is 9.62 Å². The van der Waals surface area contributed by atoms with Crippen LogP contribution in [0, 0.1) is 0 Å². The Bertz CT molecular complexity index is 1390. The third-order valence-corrected chi connectivity index (χ3v) is 8.37. The van der Waals surface area contributed by atoms with Crippen molar-refractivity contribution in [2.45, 2.75) is 18.9 Å². The van der Waals surface area contributed by atoms with E-state index in [2.05, 4.69) is 21.8 Å². The summed E-state index contributed by atoms with van der Waals surface area (Å²) in [6.07, 6.45) is 3.48. The fourth-order valence-corrected chi connectivity index (χ4v) is 5.66. The minimum Gasteiger partial charge on any atom is -0.365 e. The Balaban J connectivity index is 1.51. The van der Waals surface area contributed by atoms with Gasteiger partial charge < -0.3 is 14.7 Å². The van der Waals surface area contributed by atoms with Crippen LogP contribution in [0.3, 0.4) is 0 Å². The van der Waals surface area contributed by atoms with Crippen LogP contribution >= 0.6 is 23.2 Å². The molecule has 0 saturated carbocycles. The van der Waals surface area contributed by atoms with Gasteiger partial charge in [0.05, 0.1) is 28.9 Å². The zero-order valence-electron chi connectivity index (χ0n) is 22.4. The van der Waals surface area contributed by atoms with Crippen molar-refractivity contribution in [1.29, 1.82) is 0 Å². The van der Waals surface area contributed by atoms with Gasteiger partial charge in [-0.1, -0.05) is 59.6 Å². The van der Waals surface area contributed by atoms with Crippen LogP contribution in [0.25, 0.3) is 11.1 Å². The lowest BCUT2D eigenvalue weighted by Crippen LogP contribution is -2.42. The molecule has 1 aliphatic heterocycles. The molecule has 1 saturated heterocycles. The lowest BCUT2D eigenvalue weighted by atomic mass is 9.99. The molecule has 0 aromatic heterocycles. The van der Waals surface area contributed by atoms with Crippen molar-refractivity contribution in [1.82, 2.24) is 9.80 Å². The number of nitrogens with zero attached hydrogens (tertiary/aromatic N) is 3. The highest BCUT2D eigenvalue weighted by atomic mass is 35.5. The van der Waals surface area contributed by atoms with E-state index in [1.807, 2.05) is 54.2 Å². The number of nitrogens with one attached hydrogen (secondary N) is 1. The number of hydrogen-bond acceptors (Lipinski definition) is 5. The van der Waals surface area contributed by atoms with Crippen LogP contribution in [0.5, 0.6) is 0 Å². The van der Waals surface area contributed by atoms with Gasteiger partial charge in [-0.25, -0.2) is 8.42 Å². The number of sulfonamides is 1. The average molecular weight is 590 g/mol. The molecule has 3 aromatic carbocycles. The summed E-state index contributed by atoms with van der Waals surface area (Å²) in [5, 5.41) is 0.933. The zero-order valence-corrected chi connectivity index (χ0v) is 24.7. The zero-order chi connectivity index (χ0) is 28.2. The Hall–Kier alpha value is -2.78. The Labute approximate surface area is 241 Å². The molecule has 0 bridgehead atoms. The molecule has 1 N–H and O–H groups in total. The molecule has 39 heavy (non-hydrogen) atoms. The molecule has 3 aromatic rings. The average Bonchev–Trinajstić information content (AvgIpc) is 3.41. The topological polar surface area (TPSA) is 73.0 Å². The maximum Gasteiger partial charge on any atom is 0.242 e. The van der Waals surface area contributed by atoms with Crippen molar-refractivity contribution >= 4 is 50.5 Å². The number of benzene rings is 3. The van der Waals surface area contributed by atoms with Gasteiger partial charge in [-0.3, -0.25) is 9.52 Å². The van der Waals surface area contributed by atoms with Crippen LogP contribution in [0.2, 0.25) is 10.0 Å². The van der Waals surface area contributed by atoms with Gasteiger partial charge in [-0.05, 0) is 73.0 Å². The Morgan fingerprint density at radius 1 is 0.923 bits per heavy atom. The molecule has 7 nitrogen and oxygen atoms in total. The van der Waals surface area contributed by atoms with Gasteiger partial charge in [0.15, 0.2) is 0 Å². The van der Waals surface area contributed by atoms with Gasteiger partial charge in [-0.15, -0.1) is 0 Å². The Morgan fingerprint density at radius 3 is 2.08 bits per heavy atom. The predicted octanol–water partition coefficient (Wildman–Crippen LogP) is 5.76. The van der Waals surface area contributed by atoms with Crippen molar-refractivity contribution < 1.29 is 13.2 Å². The van der Waals surface area contributed by atoms with E-state index in [9.17, 15) is 13.2 Å². The van der Waals surface area contributed by atoms with Crippen LogP contribution in [0.15, 0.2) is 66.7 Å². The fourth-order valence-electron chi connectivity index (χ4n) is 4.81. The van der Waals surface area contributed by atoms with E-state index in [-0.39, 0.29) is 18.5 Å². The van der Waals surface area contributed by atoms with E-state index in [1.165, 1.54) is 12.8 Å². The molecule has 1 fully saturated rings. The SMILES string of the molecule is CN(CC(=O)N(C)C(CN1CCCC1)c1ccc(-c2ccc(NS(C)(=O)=O)cc2)cc1)c1ccc(Cl)c(Cl)c1. The van der Waals surface area contributed by atoms with Crippen molar-refractivity contribution in [3.8, 4) is 11.1 Å². The first kappa shape index (κ1) is 29.2. The normalized spacial score (nSPS) is 14.7. The van der Waals surface area contributed by atoms with E-state index in [0.29, 0.717) is 15.7 Å². The summed E-state index contributed by atoms with van der Waals surface area (Å²) in [4.78, 5) is 19.6. The van der Waals surface area contributed by atoms with Gasteiger partial charge in [0.1, 0.15) is 0 Å². The first-order valence-electron chi connectivity index (χ1n) is 12.8. The molecule has 0 radical (unpaired) electrons. The molecule has 0 spiro atoms. The number of halogens is 2. The molecule has 0 aliphatic carbocycles. The van der Waals surface area contributed by atoms with E-state index in [1.54, 1.807) is 24.3 Å². The number of likely N-dealkylation sites (tertiary alicyclic amines) is 1. The first-order valence-corrected chi connectivity index (χ1v) is 15.5. The van der Waals surface area contributed by atoms with E-state index < -0.39 is 10.0 Å². The highest BCUT2D eigenvalue weighted by molar-refractivity contribution is 7.92. The van der Waals surface area contributed by atoms with E-state index >= 15 is 0 Å². The van der Waals surface area contributed by atoms with Crippen molar-refractivity contribution in [3.05, 3.63) is 82.3 Å². The maximum atomic E-state index is 13.4. The summed E-state index contributed by atoms with van der Waals surface area (Å²) in [5.41, 5.74) is 4.40. The van der Waals surface area contributed by atoms with Crippen molar-refractivity contribution in [3.63, 3.8) is 0 Å². The molecular weight excluding hydrogens is 555 g/mol. The van der Waals surface area contributed by atoms with E-state index in [4.69, 9.17) is 23.2 Å². The minimum absolute atomic E-state index is 0.00538. The third-order valence-electron chi connectivity index (χ3n) is 7.02. The molecule has 1 aliphatic rings. The number of likely N-dealkylation sites (N-methyl/N-ethyl adjacent to an activating group) is 2. The monoisotopic (exact) mass is 588 g/mol. The number of carbonyl (C=O) groups is 1. The second-order valence-electron chi connectivity index (χ2n) is 10.1. The summed E-state index contributed by atoms with van der Waals surface area (Å²) in [6, 6.07) is 20.8. The molecule has 208 valence electrons. The lowest BCUT2D eigenvalue weighted by Gasteiger charge is -2.33. The maximum absolute atomic E-state index is 13.4. The summed E-state index contributed by atoms with van der Waals surface area (Å²) in [6.45, 7) is 3.04. The number of carbonyl (C=O) groups excluding carboxylic acids is 1. The van der Waals surface area contributed by atoms with Crippen LogP contribution in [0.4, 0.5) is 11.4 Å². The standard InChI is InChI=1S/C29H34Cl2N4O3S/c1-33(25-14-15-26(30)27(31)18-25)20-29(36)34(2)28(19-35-16-4-5-17-35)23-8-6-21(7-9-23)22-10-12-24(13-11-22)32-39(3,37)38/h6-15,18,28,32H,4-5,16-17,19-20H2,1-3H3. The van der Waals surface area contributed by atoms with Gasteiger partial charge >= 0.3 is 0 Å². The number of hydrogen-bond donors (Lipinski definition) is 1. The number of amides is 1. The Morgan fingerprint density at radius 2 is 1.51 bits per heavy atom. The molecular formula is C29H34Cl2N4O3S. The highest BCUT2D eigenvalue weighted by Crippen LogP contribution is 2.29. The minimum atomic E-state index is -3.32. The smallest absolute Gasteiger partial charge is 0.242 e. The van der Waals surface area contributed by atoms with Crippen molar-refractivity contribution in [2.24, 2.45) is 0 Å². The second kappa shape index (κ2) is 12.6. The molecule has 4 rings (SSSR count). The summed E-state index contributed by atoms with van der Waals surface area (Å²) in [7, 11) is 0.413. The van der Waals surface area contributed by atoms with Crippen LogP contribution in [0.1, 0.15) is 24.4 Å². The summed E-state index contributed by atoms with van der Waals surface area (Å²) >= 11 is 12.2. The van der Waals surface area contributed by atoms with Gasteiger partial charge in [-0.2, -0.15) is 0 Å². The largest absolute Gasteiger partial charge is 0.365 e. The van der Waals surface area contributed by atoms with Crippen LogP contribution in [-0.2, 0) is 14.8 Å². The molecule has 1 heterocycles. The molecule has 1 amide bonds. The van der Waals surface area contributed by atoms with E-state index in [0.717, 1.165) is 48.3 Å². The predicted molar refractivity (Wildman–Crippen MR) is 161 cm³/mol. The van der Waals surface area contributed by atoms with Gasteiger partial charge in [0, 0.05) is 32.0 Å². The second-order valence-corrected chi connectivity index (χ2v) is 12.6. The highest BCUT2D eigenvalue weighted by Gasteiger charge is 2.26. The lowest BCUT2D eigenvalue weighted by molar-refractivity contribution is -0.131. The number of anilines is 2. The molecule has 1 atom stereocenters. The first-order chi connectivity index (χ1) is 18.5. The quantitative estimate of drug-likeness (QED) is 0.326. The Kier molecular flexibility index (Phi) is 9.43. The van der Waals surface area contributed by atoms with Crippen LogP contribution in [-0.4, -0.2) is 70.7 Å². The number of rotatable bonds is 10. The molecule has 1 unspecified atom stereocenters. The summed E-state index contributed by atoms with van der Waals surface area (Å²) in [5.74, 6) is 0.00538. The van der Waals surface area contributed by atoms with Gasteiger partial charge in [0.25, 0.3) is 0 Å². The van der Waals surface area contributed by atoms with Crippen molar-refractivity contribution in [2.75, 3.05) is 56.2 Å². The van der Waals surface area contributed by atoms with Gasteiger partial charge in [0.2, 0.25) is 15.9 Å². The summed E-state index contributed by atoms with van der Waals surface area (Å²) < 4.78 is 25.5. The fraction of sp³-hybridized carbons (Fsp3) is 0.345.